The summed E-state index contributed by atoms with van der Waals surface area (Å²) in [5, 5.41) is 2.38. The number of ether oxygens (including phenoxy) is 1. The minimum Gasteiger partial charge on any atom is -0.463 e. The number of hydrogen-bond acceptors (Lipinski definition) is 5. The number of carbonyl (C=O) groups excluding carboxylic acids is 1. The lowest BCUT2D eigenvalue weighted by Crippen LogP contribution is -2.42. The Bertz CT molecular complexity index is 780. The van der Waals surface area contributed by atoms with Crippen molar-refractivity contribution in [2.45, 2.75) is 49.5 Å². The van der Waals surface area contributed by atoms with E-state index in [-0.39, 0.29) is 6.09 Å². The summed E-state index contributed by atoms with van der Waals surface area (Å²) in [7, 11) is 0. The zero-order valence-corrected chi connectivity index (χ0v) is 18.3. The van der Waals surface area contributed by atoms with Gasteiger partial charge in [0.2, 0.25) is 0 Å². The van der Waals surface area contributed by atoms with Crippen molar-refractivity contribution >= 4 is 60.7 Å². The first-order valence-corrected chi connectivity index (χ1v) is 10.6. The van der Waals surface area contributed by atoms with E-state index in [9.17, 15) is 4.79 Å². The van der Waals surface area contributed by atoms with Crippen molar-refractivity contribution in [3.05, 3.63) is 21.4 Å². The summed E-state index contributed by atoms with van der Waals surface area (Å²) in [4.78, 5) is 18.6. The molecule has 0 unspecified atom stereocenters. The number of thioether (sulfide) groups is 1. The average molecular weight is 492 g/mol. The Labute approximate surface area is 168 Å². The molecule has 2 aromatic rings. The summed E-state index contributed by atoms with van der Waals surface area (Å²) in [5.41, 5.74) is 0.346. The monoisotopic (exact) mass is 490 g/mol. The molecule has 1 aliphatic heterocycles. The zero-order valence-electron chi connectivity index (χ0n) is 14.3. The topological polar surface area (TPSA) is 55.6 Å². The Morgan fingerprint density at radius 2 is 2.04 bits per heavy atom. The third kappa shape index (κ3) is 4.52. The smallest absolute Gasteiger partial charge is 0.410 e. The fourth-order valence-electron chi connectivity index (χ4n) is 2.67. The van der Waals surface area contributed by atoms with Gasteiger partial charge in [-0.05, 0) is 71.5 Å². The van der Waals surface area contributed by atoms with E-state index in [1.165, 1.54) is 0 Å². The van der Waals surface area contributed by atoms with E-state index in [2.05, 4.69) is 36.8 Å². The molecule has 0 aliphatic carbocycles. The van der Waals surface area contributed by atoms with Gasteiger partial charge in [-0.1, -0.05) is 0 Å². The molecule has 1 fully saturated rings. The predicted molar refractivity (Wildman–Crippen MR) is 106 cm³/mol. The van der Waals surface area contributed by atoms with Crippen LogP contribution in [-0.4, -0.2) is 39.9 Å². The number of aromatic nitrogens is 1. The summed E-state index contributed by atoms with van der Waals surface area (Å²) in [6, 6.07) is 1.94. The predicted octanol–water partition coefficient (Wildman–Crippen LogP) is 5.84. The van der Waals surface area contributed by atoms with Crippen LogP contribution in [0.4, 0.5) is 4.79 Å². The number of rotatable bonds is 2. The lowest BCUT2D eigenvalue weighted by atomic mass is 10.1. The van der Waals surface area contributed by atoms with E-state index in [4.69, 9.17) is 9.15 Å². The molecule has 8 heteroatoms. The highest BCUT2D eigenvalue weighted by Crippen LogP contribution is 2.39. The van der Waals surface area contributed by atoms with Gasteiger partial charge >= 0.3 is 6.09 Å². The van der Waals surface area contributed by atoms with Crippen molar-refractivity contribution < 1.29 is 13.9 Å². The number of amides is 1. The van der Waals surface area contributed by atoms with Gasteiger partial charge in [-0.15, -0.1) is 11.8 Å². The maximum Gasteiger partial charge on any atom is 0.410 e. The fourth-order valence-corrected chi connectivity index (χ4v) is 4.73. The fraction of sp³-hybridized carbons (Fsp3) is 0.529. The first-order chi connectivity index (χ1) is 11.7. The zero-order chi connectivity index (χ0) is 18.2. The Hall–Kier alpha value is -0.730. The van der Waals surface area contributed by atoms with Gasteiger partial charge in [-0.25, -0.2) is 9.78 Å². The number of piperidine rings is 1. The largest absolute Gasteiger partial charge is 0.463 e. The van der Waals surface area contributed by atoms with Gasteiger partial charge in [-0.2, -0.15) is 0 Å². The number of nitrogens with zero attached hydrogens (tertiary/aromatic N) is 2. The lowest BCUT2D eigenvalue weighted by Gasteiger charge is -2.33. The molecule has 136 valence electrons. The van der Waals surface area contributed by atoms with Gasteiger partial charge < -0.3 is 14.1 Å². The van der Waals surface area contributed by atoms with Gasteiger partial charge in [0.15, 0.2) is 5.58 Å². The first kappa shape index (κ1) is 19.0. The number of carbonyl (C=O) groups is 1. The van der Waals surface area contributed by atoms with Crippen LogP contribution in [0.3, 0.4) is 0 Å². The Kier molecular flexibility index (Phi) is 5.70. The van der Waals surface area contributed by atoms with Crippen LogP contribution in [-0.2, 0) is 4.74 Å². The molecule has 2 aromatic heterocycles. The van der Waals surface area contributed by atoms with Crippen molar-refractivity contribution in [1.29, 1.82) is 0 Å². The molecule has 5 nitrogen and oxygen atoms in total. The molecular formula is C17H20Br2N2O3S. The quantitative estimate of drug-likeness (QED) is 0.493. The number of pyridine rings is 1. The van der Waals surface area contributed by atoms with Gasteiger partial charge in [-0.3, -0.25) is 0 Å². The minimum atomic E-state index is -0.455. The van der Waals surface area contributed by atoms with Gasteiger partial charge in [0.1, 0.15) is 15.2 Å². The second-order valence-corrected chi connectivity index (χ2v) is 9.80. The summed E-state index contributed by atoms with van der Waals surface area (Å²) >= 11 is 8.72. The SMILES string of the molecule is CC(C)(C)OC(=O)N1CCC(Sc2nc(Br)c(Br)c3occc23)CC1. The van der Waals surface area contributed by atoms with Crippen LogP contribution in [0.1, 0.15) is 33.6 Å². The van der Waals surface area contributed by atoms with Gasteiger partial charge in [0.05, 0.1) is 16.1 Å². The highest BCUT2D eigenvalue weighted by molar-refractivity contribution is 9.13. The number of likely N-dealkylation sites (tertiary alicyclic amines) is 1. The van der Waals surface area contributed by atoms with Crippen LogP contribution < -0.4 is 0 Å². The maximum absolute atomic E-state index is 12.2. The molecule has 0 spiro atoms. The van der Waals surface area contributed by atoms with Crippen molar-refractivity contribution in [3.8, 4) is 0 Å². The normalized spacial score (nSPS) is 16.4. The van der Waals surface area contributed by atoms with Crippen molar-refractivity contribution in [3.63, 3.8) is 0 Å². The third-order valence-corrected chi connectivity index (χ3v) is 7.03. The summed E-state index contributed by atoms with van der Waals surface area (Å²) in [6.45, 7) is 7.08. The molecule has 3 rings (SSSR count). The third-order valence-electron chi connectivity index (χ3n) is 3.85. The number of hydrogen-bond donors (Lipinski definition) is 0. The lowest BCUT2D eigenvalue weighted by molar-refractivity contribution is 0.0219. The highest BCUT2D eigenvalue weighted by atomic mass is 79.9. The van der Waals surface area contributed by atoms with Crippen LogP contribution in [0.15, 0.2) is 30.8 Å². The summed E-state index contributed by atoms with van der Waals surface area (Å²) in [5.74, 6) is 0. The molecule has 1 saturated heterocycles. The van der Waals surface area contributed by atoms with Crippen molar-refractivity contribution in [1.82, 2.24) is 9.88 Å². The molecule has 1 amide bonds. The molecule has 0 radical (unpaired) electrons. The number of furan rings is 1. The summed E-state index contributed by atoms with van der Waals surface area (Å²) < 4.78 is 12.6. The average Bonchev–Trinajstić information content (AvgIpc) is 3.01. The van der Waals surface area contributed by atoms with Crippen LogP contribution in [0.25, 0.3) is 11.0 Å². The Balaban J connectivity index is 1.64. The minimum absolute atomic E-state index is 0.224. The van der Waals surface area contributed by atoms with Crippen LogP contribution >= 0.6 is 43.6 Å². The van der Waals surface area contributed by atoms with E-state index in [0.29, 0.717) is 18.3 Å². The summed E-state index contributed by atoms with van der Waals surface area (Å²) in [6.07, 6.45) is 3.29. The molecule has 25 heavy (non-hydrogen) atoms. The molecular weight excluding hydrogens is 472 g/mol. The molecule has 1 aliphatic rings. The van der Waals surface area contributed by atoms with Crippen LogP contribution in [0.5, 0.6) is 0 Å². The van der Waals surface area contributed by atoms with Gasteiger partial charge in [0.25, 0.3) is 0 Å². The maximum atomic E-state index is 12.2. The second-order valence-electron chi connectivity index (χ2n) is 6.97. The van der Waals surface area contributed by atoms with E-state index in [1.807, 2.05) is 26.8 Å². The molecule has 0 bridgehead atoms. The number of fused-ring (bicyclic) bond motifs is 1. The highest BCUT2D eigenvalue weighted by Gasteiger charge is 2.28. The molecule has 0 N–H and O–H groups in total. The number of halogens is 2. The second kappa shape index (κ2) is 7.48. The van der Waals surface area contributed by atoms with Crippen molar-refractivity contribution in [2.24, 2.45) is 0 Å². The van der Waals surface area contributed by atoms with E-state index >= 15 is 0 Å². The Morgan fingerprint density at radius 3 is 2.68 bits per heavy atom. The van der Waals surface area contributed by atoms with E-state index in [1.54, 1.807) is 22.9 Å². The van der Waals surface area contributed by atoms with Gasteiger partial charge in [0, 0.05) is 18.3 Å². The Morgan fingerprint density at radius 1 is 1.36 bits per heavy atom. The van der Waals surface area contributed by atoms with E-state index in [0.717, 1.165) is 37.9 Å². The van der Waals surface area contributed by atoms with Crippen molar-refractivity contribution in [2.75, 3.05) is 13.1 Å². The molecule has 3 heterocycles. The first-order valence-electron chi connectivity index (χ1n) is 8.11. The molecule has 0 aromatic carbocycles. The van der Waals surface area contributed by atoms with Crippen LogP contribution in [0, 0.1) is 0 Å². The van der Waals surface area contributed by atoms with Crippen LogP contribution in [0.2, 0.25) is 0 Å². The van der Waals surface area contributed by atoms with E-state index < -0.39 is 5.60 Å². The molecule has 0 atom stereocenters. The standard InChI is InChI=1S/C17H20Br2N2O3S/c1-17(2,3)24-16(22)21-7-4-10(5-8-21)25-15-11-6-9-23-13(11)12(18)14(19)20-15/h6,9-10H,4-5,7-8H2,1-3H3. The molecule has 0 saturated carbocycles.